The number of nitrogens with two attached hydrogens (primary N) is 1. The lowest BCUT2D eigenvalue weighted by Gasteiger charge is -2.27. The fourth-order valence-corrected chi connectivity index (χ4v) is 1.74. The van der Waals surface area contributed by atoms with Gasteiger partial charge in [0.2, 0.25) is 0 Å². The lowest BCUT2D eigenvalue weighted by Crippen LogP contribution is -2.35. The van der Waals surface area contributed by atoms with Crippen molar-refractivity contribution in [1.82, 2.24) is 0 Å². The van der Waals surface area contributed by atoms with E-state index in [2.05, 4.69) is 20.8 Å². The third-order valence-electron chi connectivity index (χ3n) is 3.18. The SMILES string of the molecule is CCOc1cc(CCC(N)C(C)(C)C)ccc1O. The average Bonchev–Trinajstić information content (AvgIpc) is 2.28. The van der Waals surface area contributed by atoms with Crippen molar-refractivity contribution in [1.29, 1.82) is 0 Å². The van der Waals surface area contributed by atoms with Crippen LogP contribution >= 0.6 is 0 Å². The van der Waals surface area contributed by atoms with E-state index in [1.807, 2.05) is 19.1 Å². The van der Waals surface area contributed by atoms with Crippen LogP contribution in [-0.4, -0.2) is 17.8 Å². The van der Waals surface area contributed by atoms with Crippen molar-refractivity contribution in [3.05, 3.63) is 23.8 Å². The smallest absolute Gasteiger partial charge is 0.161 e. The van der Waals surface area contributed by atoms with Gasteiger partial charge in [-0.15, -0.1) is 0 Å². The van der Waals surface area contributed by atoms with Gasteiger partial charge in [-0.1, -0.05) is 26.8 Å². The first kappa shape index (κ1) is 14.8. The summed E-state index contributed by atoms with van der Waals surface area (Å²) in [5.74, 6) is 0.750. The van der Waals surface area contributed by atoms with Gasteiger partial charge in [0, 0.05) is 6.04 Å². The molecule has 102 valence electrons. The zero-order valence-corrected chi connectivity index (χ0v) is 11.9. The van der Waals surface area contributed by atoms with Crippen LogP contribution in [0.25, 0.3) is 0 Å². The summed E-state index contributed by atoms with van der Waals surface area (Å²) in [4.78, 5) is 0. The molecule has 3 N–H and O–H groups in total. The van der Waals surface area contributed by atoms with E-state index < -0.39 is 0 Å². The molecule has 3 heteroatoms. The molecule has 0 heterocycles. The minimum absolute atomic E-state index is 0.125. The number of hydrogen-bond acceptors (Lipinski definition) is 3. The lowest BCUT2D eigenvalue weighted by atomic mass is 9.84. The maximum atomic E-state index is 9.62. The van der Waals surface area contributed by atoms with Crippen molar-refractivity contribution in [2.45, 2.75) is 46.6 Å². The molecule has 0 aliphatic heterocycles. The number of aromatic hydroxyl groups is 1. The maximum absolute atomic E-state index is 9.62. The lowest BCUT2D eigenvalue weighted by molar-refractivity contribution is 0.305. The van der Waals surface area contributed by atoms with Crippen LogP contribution in [-0.2, 0) is 6.42 Å². The van der Waals surface area contributed by atoms with E-state index in [1.165, 1.54) is 0 Å². The van der Waals surface area contributed by atoms with E-state index in [-0.39, 0.29) is 17.2 Å². The summed E-state index contributed by atoms with van der Waals surface area (Å²) in [6.07, 6.45) is 1.83. The number of ether oxygens (including phenoxy) is 1. The van der Waals surface area contributed by atoms with Gasteiger partial charge in [-0.2, -0.15) is 0 Å². The fourth-order valence-electron chi connectivity index (χ4n) is 1.74. The summed E-state index contributed by atoms with van der Waals surface area (Å²) in [6, 6.07) is 5.67. The minimum Gasteiger partial charge on any atom is -0.504 e. The number of rotatable bonds is 5. The molecule has 0 spiro atoms. The molecular weight excluding hydrogens is 226 g/mol. The number of aryl methyl sites for hydroxylation is 1. The molecule has 1 unspecified atom stereocenters. The summed E-state index contributed by atoms with van der Waals surface area (Å²) >= 11 is 0. The molecule has 0 fully saturated rings. The Balaban J connectivity index is 2.65. The molecule has 0 saturated carbocycles. The van der Waals surface area contributed by atoms with Gasteiger partial charge >= 0.3 is 0 Å². The van der Waals surface area contributed by atoms with E-state index in [9.17, 15) is 5.11 Å². The van der Waals surface area contributed by atoms with Crippen molar-refractivity contribution < 1.29 is 9.84 Å². The quantitative estimate of drug-likeness (QED) is 0.845. The van der Waals surface area contributed by atoms with Crippen LogP contribution in [0.5, 0.6) is 11.5 Å². The van der Waals surface area contributed by atoms with E-state index in [4.69, 9.17) is 10.5 Å². The second kappa shape index (κ2) is 6.10. The Bertz CT molecular complexity index is 383. The largest absolute Gasteiger partial charge is 0.504 e. The summed E-state index contributed by atoms with van der Waals surface area (Å²) in [6.45, 7) is 8.92. The Hall–Kier alpha value is -1.22. The van der Waals surface area contributed by atoms with Crippen LogP contribution in [0.3, 0.4) is 0 Å². The van der Waals surface area contributed by atoms with Gasteiger partial charge in [0.1, 0.15) is 0 Å². The van der Waals surface area contributed by atoms with Crippen LogP contribution in [0.2, 0.25) is 0 Å². The normalized spacial score (nSPS) is 13.4. The Labute approximate surface area is 110 Å². The van der Waals surface area contributed by atoms with Crippen LogP contribution < -0.4 is 10.5 Å². The highest BCUT2D eigenvalue weighted by atomic mass is 16.5. The van der Waals surface area contributed by atoms with E-state index in [1.54, 1.807) is 6.07 Å². The molecule has 0 radical (unpaired) electrons. The predicted octanol–water partition coefficient (Wildman–Crippen LogP) is 3.10. The van der Waals surface area contributed by atoms with E-state index >= 15 is 0 Å². The molecular formula is C15H25NO2. The van der Waals surface area contributed by atoms with Crippen molar-refractivity contribution in [3.8, 4) is 11.5 Å². The predicted molar refractivity (Wildman–Crippen MR) is 75.0 cm³/mol. The molecule has 0 aliphatic carbocycles. The molecule has 0 saturated heterocycles. The molecule has 0 aromatic heterocycles. The van der Waals surface area contributed by atoms with Gasteiger partial charge in [0.15, 0.2) is 11.5 Å². The third kappa shape index (κ3) is 4.22. The Kier molecular flexibility index (Phi) is 5.03. The zero-order chi connectivity index (χ0) is 13.8. The monoisotopic (exact) mass is 251 g/mol. The maximum Gasteiger partial charge on any atom is 0.161 e. The summed E-state index contributed by atoms with van der Waals surface area (Å²) < 4.78 is 5.37. The van der Waals surface area contributed by atoms with Crippen molar-refractivity contribution in [2.24, 2.45) is 11.1 Å². The first-order valence-corrected chi connectivity index (χ1v) is 6.55. The second-order valence-corrected chi connectivity index (χ2v) is 5.75. The Morgan fingerprint density at radius 3 is 2.56 bits per heavy atom. The molecule has 0 bridgehead atoms. The van der Waals surface area contributed by atoms with Gasteiger partial charge in [0.25, 0.3) is 0 Å². The fraction of sp³-hybridized carbons (Fsp3) is 0.600. The zero-order valence-electron chi connectivity index (χ0n) is 11.9. The van der Waals surface area contributed by atoms with Crippen LogP contribution in [0.15, 0.2) is 18.2 Å². The minimum atomic E-state index is 0.125. The van der Waals surface area contributed by atoms with Crippen LogP contribution in [0.4, 0.5) is 0 Å². The number of benzene rings is 1. The first-order valence-electron chi connectivity index (χ1n) is 6.55. The molecule has 3 nitrogen and oxygen atoms in total. The first-order chi connectivity index (χ1) is 8.34. The molecule has 18 heavy (non-hydrogen) atoms. The average molecular weight is 251 g/mol. The molecule has 1 atom stereocenters. The number of phenols is 1. The highest BCUT2D eigenvalue weighted by molar-refractivity contribution is 5.41. The summed E-state index contributed by atoms with van der Waals surface area (Å²) in [5, 5.41) is 9.62. The number of phenolic OH excluding ortho intramolecular Hbond substituents is 1. The van der Waals surface area contributed by atoms with Crippen LogP contribution in [0.1, 0.15) is 39.7 Å². The van der Waals surface area contributed by atoms with E-state index in [0.717, 1.165) is 18.4 Å². The Morgan fingerprint density at radius 2 is 2.00 bits per heavy atom. The van der Waals surface area contributed by atoms with Crippen molar-refractivity contribution in [3.63, 3.8) is 0 Å². The molecule has 1 aromatic carbocycles. The molecule has 0 aliphatic rings. The van der Waals surface area contributed by atoms with Gasteiger partial charge in [-0.05, 0) is 42.9 Å². The second-order valence-electron chi connectivity index (χ2n) is 5.75. The molecule has 0 amide bonds. The third-order valence-corrected chi connectivity index (χ3v) is 3.18. The number of hydrogen-bond donors (Lipinski definition) is 2. The van der Waals surface area contributed by atoms with E-state index in [0.29, 0.717) is 12.4 Å². The molecule has 1 rings (SSSR count). The van der Waals surface area contributed by atoms with Gasteiger partial charge in [-0.25, -0.2) is 0 Å². The topological polar surface area (TPSA) is 55.5 Å². The van der Waals surface area contributed by atoms with Crippen molar-refractivity contribution in [2.75, 3.05) is 6.61 Å². The highest BCUT2D eigenvalue weighted by Crippen LogP contribution is 2.28. The van der Waals surface area contributed by atoms with Gasteiger partial charge < -0.3 is 15.6 Å². The van der Waals surface area contributed by atoms with Gasteiger partial charge in [0.05, 0.1) is 6.61 Å². The summed E-state index contributed by atoms with van der Waals surface area (Å²) in [7, 11) is 0. The standard InChI is InChI=1S/C15H25NO2/c1-5-18-13-10-11(6-8-12(13)17)7-9-14(16)15(2,3)4/h6,8,10,14,17H,5,7,9,16H2,1-4H3. The Morgan fingerprint density at radius 1 is 1.33 bits per heavy atom. The highest BCUT2D eigenvalue weighted by Gasteiger charge is 2.20. The van der Waals surface area contributed by atoms with Crippen molar-refractivity contribution >= 4 is 0 Å². The molecule has 1 aromatic rings. The van der Waals surface area contributed by atoms with Crippen LogP contribution in [0, 0.1) is 5.41 Å². The van der Waals surface area contributed by atoms with Gasteiger partial charge in [-0.3, -0.25) is 0 Å². The summed E-state index contributed by atoms with van der Waals surface area (Å²) in [5.41, 5.74) is 7.42.